The maximum absolute atomic E-state index is 12.8. The van der Waals surface area contributed by atoms with Crippen LogP contribution in [-0.2, 0) is 0 Å². The Morgan fingerprint density at radius 1 is 1.18 bits per heavy atom. The van der Waals surface area contributed by atoms with Crippen LogP contribution < -0.4 is 10.1 Å². The van der Waals surface area contributed by atoms with Crippen molar-refractivity contribution in [1.82, 2.24) is 15.3 Å². The molecule has 5 heteroatoms. The first kappa shape index (κ1) is 16.4. The zero-order valence-electron chi connectivity index (χ0n) is 13.4. The third-order valence-electron chi connectivity index (χ3n) is 3.45. The molecule has 0 aliphatic rings. The molecule has 118 valence electrons. The van der Waals surface area contributed by atoms with Crippen molar-refractivity contribution in [3.8, 4) is 5.75 Å². The lowest BCUT2D eigenvalue weighted by molar-refractivity contribution is 0.263. The molecule has 0 radical (unpaired) electrons. The van der Waals surface area contributed by atoms with Crippen molar-refractivity contribution >= 4 is 0 Å². The molecule has 22 heavy (non-hydrogen) atoms. The molecular formula is C17H22FN3O. The van der Waals surface area contributed by atoms with Crippen LogP contribution in [0.3, 0.4) is 0 Å². The minimum absolute atomic E-state index is 0.132. The summed E-state index contributed by atoms with van der Waals surface area (Å²) in [5, 5.41) is 3.46. The lowest BCUT2D eigenvalue weighted by atomic mass is 10.1. The second-order valence-corrected chi connectivity index (χ2v) is 5.51. The largest absolute Gasteiger partial charge is 0.492 e. The Balaban J connectivity index is 1.88. The molecule has 0 aliphatic heterocycles. The highest BCUT2D eigenvalue weighted by Crippen LogP contribution is 2.16. The Morgan fingerprint density at radius 2 is 1.86 bits per heavy atom. The third kappa shape index (κ3) is 4.49. The van der Waals surface area contributed by atoms with Crippen molar-refractivity contribution in [1.29, 1.82) is 0 Å². The monoisotopic (exact) mass is 303 g/mol. The summed E-state index contributed by atoms with van der Waals surface area (Å²) in [5.74, 6) is 1.18. The molecule has 0 spiro atoms. The summed E-state index contributed by atoms with van der Waals surface area (Å²) in [4.78, 5) is 8.64. The topological polar surface area (TPSA) is 47.0 Å². The van der Waals surface area contributed by atoms with Crippen molar-refractivity contribution in [2.45, 2.75) is 39.8 Å². The number of rotatable bonds is 6. The Labute approximate surface area is 130 Å². The molecule has 1 heterocycles. The van der Waals surface area contributed by atoms with Gasteiger partial charge in [0.15, 0.2) is 0 Å². The average molecular weight is 303 g/mol. The second-order valence-electron chi connectivity index (χ2n) is 5.51. The number of benzene rings is 1. The van der Waals surface area contributed by atoms with Crippen LogP contribution in [0.2, 0.25) is 0 Å². The first-order chi connectivity index (χ1) is 10.5. The van der Waals surface area contributed by atoms with E-state index >= 15 is 0 Å². The number of aromatic nitrogens is 2. The van der Waals surface area contributed by atoms with Crippen LogP contribution in [0.4, 0.5) is 4.39 Å². The van der Waals surface area contributed by atoms with E-state index < -0.39 is 0 Å². The predicted octanol–water partition coefficient (Wildman–Crippen LogP) is 3.35. The van der Waals surface area contributed by atoms with E-state index in [1.165, 1.54) is 12.1 Å². The van der Waals surface area contributed by atoms with Gasteiger partial charge >= 0.3 is 0 Å². The molecule has 2 atom stereocenters. The van der Waals surface area contributed by atoms with Gasteiger partial charge in [0.25, 0.3) is 0 Å². The lowest BCUT2D eigenvalue weighted by Crippen LogP contribution is -2.34. The van der Waals surface area contributed by atoms with Gasteiger partial charge in [0.05, 0.1) is 0 Å². The molecule has 1 aromatic carbocycles. The first-order valence-electron chi connectivity index (χ1n) is 7.40. The number of hydrogen-bond donors (Lipinski definition) is 1. The van der Waals surface area contributed by atoms with Gasteiger partial charge in [-0.15, -0.1) is 0 Å². The molecule has 0 unspecified atom stereocenters. The van der Waals surface area contributed by atoms with Gasteiger partial charge in [-0.05, 0) is 52.0 Å². The molecule has 2 rings (SSSR count). The number of aryl methyl sites for hydroxylation is 2. The molecule has 4 nitrogen and oxygen atoms in total. The summed E-state index contributed by atoms with van der Waals surface area (Å²) >= 11 is 0. The minimum atomic E-state index is -0.262. The summed E-state index contributed by atoms with van der Waals surface area (Å²) in [6.45, 7) is 8.50. The van der Waals surface area contributed by atoms with Crippen LogP contribution in [0.15, 0.2) is 30.5 Å². The van der Waals surface area contributed by atoms with E-state index in [2.05, 4.69) is 22.2 Å². The van der Waals surface area contributed by atoms with E-state index in [9.17, 15) is 4.39 Å². The molecule has 1 aromatic heterocycles. The molecular weight excluding hydrogens is 281 g/mol. The molecule has 0 aliphatic carbocycles. The number of halogens is 1. The van der Waals surface area contributed by atoms with Gasteiger partial charge in [-0.3, -0.25) is 0 Å². The van der Waals surface area contributed by atoms with Crippen molar-refractivity contribution in [2.75, 3.05) is 6.61 Å². The fourth-order valence-electron chi connectivity index (χ4n) is 2.33. The summed E-state index contributed by atoms with van der Waals surface area (Å²) in [6, 6.07) is 6.31. The summed E-state index contributed by atoms with van der Waals surface area (Å²) < 4.78 is 18.5. The van der Waals surface area contributed by atoms with E-state index in [0.717, 1.165) is 17.1 Å². The van der Waals surface area contributed by atoms with Gasteiger partial charge in [-0.25, -0.2) is 14.4 Å². The van der Waals surface area contributed by atoms with Gasteiger partial charge in [0.1, 0.15) is 24.0 Å². The highest BCUT2D eigenvalue weighted by Gasteiger charge is 2.13. The van der Waals surface area contributed by atoms with Crippen molar-refractivity contribution in [2.24, 2.45) is 0 Å². The van der Waals surface area contributed by atoms with Crippen LogP contribution in [0, 0.1) is 19.7 Å². The quantitative estimate of drug-likeness (QED) is 0.889. The van der Waals surface area contributed by atoms with E-state index in [0.29, 0.717) is 12.4 Å². The van der Waals surface area contributed by atoms with Gasteiger partial charge in [-0.1, -0.05) is 0 Å². The van der Waals surface area contributed by atoms with Crippen LogP contribution in [0.25, 0.3) is 0 Å². The molecule has 0 bridgehead atoms. The number of hydrogen-bond acceptors (Lipinski definition) is 4. The van der Waals surface area contributed by atoms with E-state index in [-0.39, 0.29) is 17.9 Å². The van der Waals surface area contributed by atoms with Crippen LogP contribution in [0.5, 0.6) is 5.75 Å². The molecule has 1 N–H and O–H groups in total. The SMILES string of the molecule is Cc1ncc([C@@H](C)N[C@H](C)COc2ccc(F)cc2)c(C)n1. The fraction of sp³-hybridized carbons (Fsp3) is 0.412. The number of nitrogens with zero attached hydrogens (tertiary/aromatic N) is 2. The Morgan fingerprint density at radius 3 is 2.50 bits per heavy atom. The zero-order valence-corrected chi connectivity index (χ0v) is 13.4. The van der Waals surface area contributed by atoms with E-state index in [4.69, 9.17) is 4.74 Å². The van der Waals surface area contributed by atoms with Crippen molar-refractivity contribution in [3.63, 3.8) is 0 Å². The highest BCUT2D eigenvalue weighted by atomic mass is 19.1. The summed E-state index contributed by atoms with van der Waals surface area (Å²) in [7, 11) is 0. The van der Waals surface area contributed by atoms with Crippen molar-refractivity contribution < 1.29 is 9.13 Å². The maximum atomic E-state index is 12.8. The highest BCUT2D eigenvalue weighted by molar-refractivity contribution is 5.22. The Hall–Kier alpha value is -2.01. The van der Waals surface area contributed by atoms with Crippen molar-refractivity contribution in [3.05, 3.63) is 53.4 Å². The molecule has 0 saturated carbocycles. The Bertz CT molecular complexity index is 616. The average Bonchev–Trinajstić information content (AvgIpc) is 2.46. The second kappa shape index (κ2) is 7.31. The van der Waals surface area contributed by atoms with Crippen LogP contribution in [0.1, 0.15) is 37.0 Å². The van der Waals surface area contributed by atoms with Gasteiger partial charge in [0, 0.05) is 29.5 Å². The lowest BCUT2D eigenvalue weighted by Gasteiger charge is -2.21. The smallest absolute Gasteiger partial charge is 0.125 e. The predicted molar refractivity (Wildman–Crippen MR) is 84.4 cm³/mol. The minimum Gasteiger partial charge on any atom is -0.492 e. The van der Waals surface area contributed by atoms with Crippen LogP contribution in [-0.4, -0.2) is 22.6 Å². The van der Waals surface area contributed by atoms with E-state index in [1.807, 2.05) is 27.0 Å². The van der Waals surface area contributed by atoms with Crippen LogP contribution >= 0.6 is 0 Å². The summed E-state index contributed by atoms with van der Waals surface area (Å²) in [6.07, 6.45) is 1.86. The fourth-order valence-corrected chi connectivity index (χ4v) is 2.33. The molecule has 0 fully saturated rings. The zero-order chi connectivity index (χ0) is 16.1. The molecule has 2 aromatic rings. The van der Waals surface area contributed by atoms with E-state index in [1.54, 1.807) is 12.1 Å². The first-order valence-corrected chi connectivity index (χ1v) is 7.40. The number of ether oxygens (including phenoxy) is 1. The van der Waals surface area contributed by atoms with Gasteiger partial charge in [-0.2, -0.15) is 0 Å². The van der Waals surface area contributed by atoms with Gasteiger partial charge in [0.2, 0.25) is 0 Å². The third-order valence-corrected chi connectivity index (χ3v) is 3.45. The van der Waals surface area contributed by atoms with Gasteiger partial charge < -0.3 is 10.1 Å². The summed E-state index contributed by atoms with van der Waals surface area (Å²) in [5.41, 5.74) is 2.07. The normalized spacial score (nSPS) is 13.7. The number of nitrogens with one attached hydrogen (secondary N) is 1. The molecule has 0 saturated heterocycles. The standard InChI is InChI=1S/C17H22FN3O/c1-11(10-22-16-7-5-15(18)6-8-16)20-12(2)17-9-19-14(4)21-13(17)3/h5-9,11-12,20H,10H2,1-4H3/t11-,12-/m1/s1. The Kier molecular flexibility index (Phi) is 5.44. The maximum Gasteiger partial charge on any atom is 0.125 e. The molecule has 0 amide bonds.